The molecule has 1 atom stereocenters. The largest absolute Gasteiger partial charge is 0.317 e. The Kier molecular flexibility index (Phi) is 6.78. The molecule has 0 spiro atoms. The molecule has 0 saturated heterocycles. The zero-order chi connectivity index (χ0) is 11.2. The SMILES string of the molecule is CC(Br)c1ccccc1.O=S(=O)(Cl)Cl. The van der Waals surface area contributed by atoms with Crippen molar-refractivity contribution in [2.45, 2.75) is 11.8 Å². The fourth-order valence-electron chi connectivity index (χ4n) is 0.718. The molecule has 0 bridgehead atoms. The van der Waals surface area contributed by atoms with Crippen LogP contribution in [0.5, 0.6) is 0 Å². The van der Waals surface area contributed by atoms with Crippen molar-refractivity contribution in [1.82, 2.24) is 0 Å². The Morgan fingerprint density at radius 1 is 1.21 bits per heavy atom. The van der Waals surface area contributed by atoms with Gasteiger partial charge in [0, 0.05) is 26.2 Å². The van der Waals surface area contributed by atoms with Gasteiger partial charge in [-0.1, -0.05) is 46.3 Å². The number of hydrogen-bond acceptors (Lipinski definition) is 2. The fraction of sp³-hybridized carbons (Fsp3) is 0.250. The van der Waals surface area contributed by atoms with Gasteiger partial charge in [0.15, 0.2) is 0 Å². The topological polar surface area (TPSA) is 34.1 Å². The summed E-state index contributed by atoms with van der Waals surface area (Å²) in [5, 5.41) is 0. The van der Waals surface area contributed by atoms with Crippen molar-refractivity contribution < 1.29 is 8.42 Å². The van der Waals surface area contributed by atoms with Gasteiger partial charge in [-0.3, -0.25) is 0 Å². The van der Waals surface area contributed by atoms with Gasteiger partial charge in [0.2, 0.25) is 0 Å². The molecule has 0 aromatic heterocycles. The minimum absolute atomic E-state index is 0.471. The first-order valence-electron chi connectivity index (χ1n) is 3.64. The van der Waals surface area contributed by atoms with E-state index >= 15 is 0 Å². The Bertz CT molecular complexity index is 343. The van der Waals surface area contributed by atoms with Crippen molar-refractivity contribution >= 4 is 45.6 Å². The van der Waals surface area contributed by atoms with Crippen molar-refractivity contribution in [3.63, 3.8) is 0 Å². The number of halogens is 3. The van der Waals surface area contributed by atoms with Crippen molar-refractivity contribution in [3.8, 4) is 0 Å². The van der Waals surface area contributed by atoms with Gasteiger partial charge in [-0.15, -0.1) is 0 Å². The van der Waals surface area contributed by atoms with E-state index in [0.717, 1.165) is 0 Å². The minimum Gasteiger partial charge on any atom is -0.195 e. The van der Waals surface area contributed by atoms with Crippen LogP contribution < -0.4 is 0 Å². The van der Waals surface area contributed by atoms with Gasteiger partial charge in [0.1, 0.15) is 0 Å². The molecule has 1 rings (SSSR count). The molecular formula is C8H9BrCl2O2S. The summed E-state index contributed by atoms with van der Waals surface area (Å²) in [4.78, 5) is 0.471. The van der Waals surface area contributed by atoms with E-state index in [1.807, 2.05) is 18.2 Å². The predicted molar refractivity (Wildman–Crippen MR) is 64.4 cm³/mol. The van der Waals surface area contributed by atoms with Gasteiger partial charge in [-0.05, 0) is 12.5 Å². The summed E-state index contributed by atoms with van der Waals surface area (Å²) in [6.07, 6.45) is 0. The Morgan fingerprint density at radius 3 is 1.79 bits per heavy atom. The molecule has 1 aromatic carbocycles. The standard InChI is InChI=1S/C8H9Br.Cl2O2S/c1-7(9)8-5-3-2-4-6-8;1-5(2,3)4/h2-7H,1H3;. The molecule has 0 aliphatic rings. The van der Waals surface area contributed by atoms with Gasteiger partial charge < -0.3 is 0 Å². The lowest BCUT2D eigenvalue weighted by Crippen LogP contribution is -1.79. The Morgan fingerprint density at radius 2 is 1.57 bits per heavy atom. The second-order valence-corrected chi connectivity index (χ2v) is 7.45. The van der Waals surface area contributed by atoms with Gasteiger partial charge in [0.25, 0.3) is 0 Å². The van der Waals surface area contributed by atoms with E-state index in [2.05, 4.69) is 56.4 Å². The first-order valence-corrected chi connectivity index (χ1v) is 7.69. The second-order valence-electron chi connectivity index (χ2n) is 2.41. The van der Waals surface area contributed by atoms with Crippen molar-refractivity contribution in [3.05, 3.63) is 35.9 Å². The number of rotatable bonds is 1. The number of alkyl halides is 1. The van der Waals surface area contributed by atoms with Crippen LogP contribution in [0.1, 0.15) is 17.3 Å². The summed E-state index contributed by atoms with van der Waals surface area (Å²) in [6, 6.07) is 10.3. The lowest BCUT2D eigenvalue weighted by Gasteiger charge is -1.99. The fourth-order valence-corrected chi connectivity index (χ4v) is 1.02. The van der Waals surface area contributed by atoms with Gasteiger partial charge in [-0.2, -0.15) is 8.42 Å². The highest BCUT2D eigenvalue weighted by atomic mass is 79.9. The maximum atomic E-state index is 9.16. The quantitative estimate of drug-likeness (QED) is 0.582. The van der Waals surface area contributed by atoms with Crippen LogP contribution in [0.2, 0.25) is 0 Å². The lowest BCUT2D eigenvalue weighted by molar-refractivity contribution is 0.621. The molecule has 0 N–H and O–H groups in total. The predicted octanol–water partition coefficient (Wildman–Crippen LogP) is 3.85. The van der Waals surface area contributed by atoms with Crippen LogP contribution >= 0.6 is 37.3 Å². The molecule has 14 heavy (non-hydrogen) atoms. The monoisotopic (exact) mass is 318 g/mol. The van der Waals surface area contributed by atoms with E-state index in [9.17, 15) is 0 Å². The van der Waals surface area contributed by atoms with Crippen LogP contribution in [0, 0.1) is 0 Å². The Labute approximate surface area is 101 Å². The maximum Gasteiger partial charge on any atom is 0.317 e. The lowest BCUT2D eigenvalue weighted by atomic mass is 10.2. The Hall–Kier alpha value is 0.230. The third-order valence-electron chi connectivity index (χ3n) is 1.26. The molecule has 0 heterocycles. The number of benzene rings is 1. The van der Waals surface area contributed by atoms with E-state index in [1.54, 1.807) is 0 Å². The molecule has 0 radical (unpaired) electrons. The zero-order valence-corrected chi connectivity index (χ0v) is 11.2. The van der Waals surface area contributed by atoms with Crippen LogP contribution in [0.4, 0.5) is 0 Å². The van der Waals surface area contributed by atoms with Crippen molar-refractivity contribution in [2.75, 3.05) is 0 Å². The summed E-state index contributed by atoms with van der Waals surface area (Å²) in [5.74, 6) is 0. The summed E-state index contributed by atoms with van der Waals surface area (Å²) in [7, 11) is 4.81. The van der Waals surface area contributed by atoms with Crippen LogP contribution in [-0.4, -0.2) is 8.42 Å². The first-order chi connectivity index (χ1) is 6.30. The summed E-state index contributed by atoms with van der Waals surface area (Å²) in [6.45, 7) is 2.12. The van der Waals surface area contributed by atoms with Crippen molar-refractivity contribution in [2.24, 2.45) is 0 Å². The summed E-state index contributed by atoms with van der Waals surface area (Å²) in [5.41, 5.74) is 1.33. The van der Waals surface area contributed by atoms with Crippen LogP contribution in [0.15, 0.2) is 30.3 Å². The molecular weight excluding hydrogens is 311 g/mol. The molecule has 2 nitrogen and oxygen atoms in total. The molecule has 1 aromatic rings. The molecule has 6 heteroatoms. The normalized spacial score (nSPS) is 12.6. The highest BCUT2D eigenvalue weighted by Gasteiger charge is 1.95. The minimum atomic E-state index is -3.72. The molecule has 0 fully saturated rings. The van der Waals surface area contributed by atoms with Crippen LogP contribution in [0.25, 0.3) is 0 Å². The van der Waals surface area contributed by atoms with E-state index in [0.29, 0.717) is 4.83 Å². The molecule has 80 valence electrons. The average molecular weight is 320 g/mol. The van der Waals surface area contributed by atoms with Crippen molar-refractivity contribution in [1.29, 1.82) is 0 Å². The maximum absolute atomic E-state index is 9.16. The molecule has 0 aliphatic heterocycles. The van der Waals surface area contributed by atoms with E-state index < -0.39 is 8.26 Å². The van der Waals surface area contributed by atoms with Gasteiger partial charge >= 0.3 is 8.26 Å². The van der Waals surface area contributed by atoms with E-state index in [-0.39, 0.29) is 0 Å². The summed E-state index contributed by atoms with van der Waals surface area (Å²) >= 11 is 3.48. The molecule has 0 amide bonds. The van der Waals surface area contributed by atoms with E-state index in [1.165, 1.54) is 5.56 Å². The molecule has 0 aliphatic carbocycles. The zero-order valence-electron chi connectivity index (χ0n) is 7.32. The second kappa shape index (κ2) is 6.67. The highest BCUT2D eigenvalue weighted by molar-refractivity contribution is 9.09. The molecule has 1 unspecified atom stereocenters. The van der Waals surface area contributed by atoms with Crippen LogP contribution in [0.3, 0.4) is 0 Å². The molecule has 0 saturated carbocycles. The first kappa shape index (κ1) is 14.2. The highest BCUT2D eigenvalue weighted by Crippen LogP contribution is 2.19. The Balaban J connectivity index is 0.000000292. The average Bonchev–Trinajstić information content (AvgIpc) is 2.03. The summed E-state index contributed by atoms with van der Waals surface area (Å²) < 4.78 is 18.3. The van der Waals surface area contributed by atoms with E-state index in [4.69, 9.17) is 8.42 Å². The smallest absolute Gasteiger partial charge is 0.195 e. The number of hydrogen-bond donors (Lipinski definition) is 0. The van der Waals surface area contributed by atoms with Crippen LogP contribution in [-0.2, 0) is 8.26 Å². The third-order valence-corrected chi connectivity index (χ3v) is 1.79. The van der Waals surface area contributed by atoms with Gasteiger partial charge in [-0.25, -0.2) is 0 Å². The van der Waals surface area contributed by atoms with Gasteiger partial charge in [0.05, 0.1) is 0 Å². The third kappa shape index (κ3) is 10.3.